The van der Waals surface area contributed by atoms with Crippen LogP contribution in [0.1, 0.15) is 5.56 Å². The summed E-state index contributed by atoms with van der Waals surface area (Å²) >= 11 is 5.84. The Hall–Kier alpha value is -2.62. The van der Waals surface area contributed by atoms with E-state index >= 15 is 0 Å². The third-order valence-corrected chi connectivity index (χ3v) is 4.86. The maximum Gasteiger partial charge on any atom is 0.255 e. The first-order valence-corrected chi connectivity index (χ1v) is 9.12. The lowest BCUT2D eigenvalue weighted by Crippen LogP contribution is -2.34. The Kier molecular flexibility index (Phi) is 6.56. The van der Waals surface area contributed by atoms with E-state index in [2.05, 4.69) is 15.2 Å². The summed E-state index contributed by atoms with van der Waals surface area (Å²) in [6.45, 7) is -0.478. The number of phenolic OH excluding ortho intramolecular Hbond substituents is 1. The van der Waals surface area contributed by atoms with Gasteiger partial charge in [0.1, 0.15) is 0 Å². The van der Waals surface area contributed by atoms with E-state index in [0.717, 1.165) is 0 Å². The second-order valence-electron chi connectivity index (χ2n) is 4.98. The highest BCUT2D eigenvalue weighted by Crippen LogP contribution is 2.34. The summed E-state index contributed by atoms with van der Waals surface area (Å²) in [5, 5.41) is 13.4. The van der Waals surface area contributed by atoms with Crippen LogP contribution in [-0.2, 0) is 14.8 Å². The molecule has 2 aromatic carbocycles. The Labute approximate surface area is 155 Å². The number of hydrogen-bond acceptors (Lipinski definition) is 6. The second kappa shape index (κ2) is 8.65. The highest BCUT2D eigenvalue weighted by molar-refractivity contribution is 7.89. The van der Waals surface area contributed by atoms with Gasteiger partial charge in [-0.05, 0) is 29.8 Å². The van der Waals surface area contributed by atoms with Crippen molar-refractivity contribution < 1.29 is 23.1 Å². The summed E-state index contributed by atoms with van der Waals surface area (Å²) in [4.78, 5) is 11.8. The molecule has 10 heteroatoms. The summed E-state index contributed by atoms with van der Waals surface area (Å²) in [7, 11) is -2.41. The summed E-state index contributed by atoms with van der Waals surface area (Å²) < 4.78 is 31.1. The fraction of sp³-hybridized carbons (Fsp3) is 0.125. The van der Waals surface area contributed by atoms with Gasteiger partial charge in [0.25, 0.3) is 5.91 Å². The van der Waals surface area contributed by atoms with Crippen LogP contribution in [0.3, 0.4) is 0 Å². The monoisotopic (exact) mass is 397 g/mol. The van der Waals surface area contributed by atoms with Crippen LogP contribution in [-0.4, -0.2) is 39.3 Å². The van der Waals surface area contributed by atoms with E-state index in [1.807, 2.05) is 0 Å². The normalized spacial score (nSPS) is 11.5. The molecule has 2 rings (SSSR count). The topological polar surface area (TPSA) is 117 Å². The molecular formula is C16H16ClN3O5S. The quantitative estimate of drug-likeness (QED) is 0.483. The van der Waals surface area contributed by atoms with Crippen molar-refractivity contribution in [3.8, 4) is 11.5 Å². The maximum atomic E-state index is 12.0. The predicted octanol–water partition coefficient (Wildman–Crippen LogP) is 1.48. The molecule has 0 unspecified atom stereocenters. The Morgan fingerprint density at radius 3 is 2.65 bits per heavy atom. The molecular weight excluding hydrogens is 382 g/mol. The van der Waals surface area contributed by atoms with E-state index in [0.29, 0.717) is 5.56 Å². The first-order chi connectivity index (χ1) is 12.3. The SMILES string of the molecule is COc1cc(/C=N/NC(=O)CNS(=O)(=O)c2ccccc2)cc(Cl)c1O. The Bertz CT molecular complexity index is 917. The van der Waals surface area contributed by atoms with E-state index < -0.39 is 22.5 Å². The van der Waals surface area contributed by atoms with Gasteiger partial charge in [0, 0.05) is 0 Å². The van der Waals surface area contributed by atoms with E-state index in [1.54, 1.807) is 18.2 Å². The van der Waals surface area contributed by atoms with Crippen LogP contribution in [0, 0.1) is 0 Å². The minimum atomic E-state index is -3.78. The summed E-state index contributed by atoms with van der Waals surface area (Å²) in [5.41, 5.74) is 2.65. The molecule has 0 bridgehead atoms. The molecule has 0 aromatic heterocycles. The number of nitrogens with one attached hydrogen (secondary N) is 2. The Morgan fingerprint density at radius 1 is 1.31 bits per heavy atom. The van der Waals surface area contributed by atoms with Crippen molar-refractivity contribution in [1.82, 2.24) is 10.1 Å². The Morgan fingerprint density at radius 2 is 2.00 bits per heavy atom. The number of hydrazone groups is 1. The molecule has 0 aliphatic rings. The van der Waals surface area contributed by atoms with Crippen LogP contribution in [0.2, 0.25) is 5.02 Å². The molecule has 8 nitrogen and oxygen atoms in total. The van der Waals surface area contributed by atoms with Crippen molar-refractivity contribution in [3.63, 3.8) is 0 Å². The number of benzene rings is 2. The van der Waals surface area contributed by atoms with Crippen molar-refractivity contribution in [2.75, 3.05) is 13.7 Å². The van der Waals surface area contributed by atoms with E-state index in [9.17, 15) is 18.3 Å². The van der Waals surface area contributed by atoms with Crippen molar-refractivity contribution in [1.29, 1.82) is 0 Å². The van der Waals surface area contributed by atoms with E-state index in [4.69, 9.17) is 16.3 Å². The number of amides is 1. The second-order valence-corrected chi connectivity index (χ2v) is 7.16. The molecule has 0 saturated carbocycles. The molecule has 3 N–H and O–H groups in total. The minimum absolute atomic E-state index is 0.0575. The lowest BCUT2D eigenvalue weighted by atomic mass is 10.2. The molecule has 0 spiro atoms. The fourth-order valence-electron chi connectivity index (χ4n) is 1.89. The highest BCUT2D eigenvalue weighted by Gasteiger charge is 2.14. The number of nitrogens with zero attached hydrogens (tertiary/aromatic N) is 1. The van der Waals surface area contributed by atoms with Gasteiger partial charge in [-0.3, -0.25) is 4.79 Å². The molecule has 2 aromatic rings. The van der Waals surface area contributed by atoms with E-state index in [-0.39, 0.29) is 21.4 Å². The fourth-order valence-corrected chi connectivity index (χ4v) is 3.11. The average Bonchev–Trinajstić information content (AvgIpc) is 2.63. The lowest BCUT2D eigenvalue weighted by molar-refractivity contribution is -0.119. The number of methoxy groups -OCH3 is 1. The number of rotatable bonds is 7. The van der Waals surface area contributed by atoms with E-state index in [1.165, 1.54) is 37.6 Å². The standard InChI is InChI=1S/C16H16ClN3O5S/c1-25-14-8-11(7-13(17)16(14)22)9-18-20-15(21)10-19-26(23,24)12-5-3-2-4-6-12/h2-9,19,22H,10H2,1H3,(H,20,21)/b18-9+. The van der Waals surface area contributed by atoms with Crippen LogP contribution < -0.4 is 14.9 Å². The van der Waals surface area contributed by atoms with Gasteiger partial charge in [0.15, 0.2) is 11.5 Å². The molecule has 0 heterocycles. The van der Waals surface area contributed by atoms with Crippen molar-refractivity contribution in [2.45, 2.75) is 4.90 Å². The van der Waals surface area contributed by atoms with Gasteiger partial charge in [-0.15, -0.1) is 0 Å². The van der Waals surface area contributed by atoms with Crippen LogP contribution in [0.5, 0.6) is 11.5 Å². The third kappa shape index (κ3) is 5.19. The summed E-state index contributed by atoms with van der Waals surface area (Å²) in [6.07, 6.45) is 1.28. The highest BCUT2D eigenvalue weighted by atomic mass is 35.5. The van der Waals surface area contributed by atoms with Gasteiger partial charge in [0.05, 0.1) is 29.8 Å². The van der Waals surface area contributed by atoms with Gasteiger partial charge < -0.3 is 9.84 Å². The molecule has 0 aliphatic carbocycles. The zero-order valence-electron chi connectivity index (χ0n) is 13.6. The van der Waals surface area contributed by atoms with Crippen LogP contribution >= 0.6 is 11.6 Å². The summed E-state index contributed by atoms with van der Waals surface area (Å²) in [5.74, 6) is -0.704. The number of hydrogen-bond donors (Lipinski definition) is 3. The minimum Gasteiger partial charge on any atom is -0.503 e. The van der Waals surface area contributed by atoms with Gasteiger partial charge in [-0.25, -0.2) is 18.6 Å². The van der Waals surface area contributed by atoms with Gasteiger partial charge in [-0.1, -0.05) is 29.8 Å². The van der Waals surface area contributed by atoms with Crippen LogP contribution in [0.25, 0.3) is 0 Å². The van der Waals surface area contributed by atoms with Crippen molar-refractivity contribution >= 4 is 33.7 Å². The number of carbonyl (C=O) groups excluding carboxylic acids is 1. The Balaban J connectivity index is 1.93. The maximum absolute atomic E-state index is 12.0. The number of sulfonamides is 1. The van der Waals surface area contributed by atoms with Gasteiger partial charge in [-0.2, -0.15) is 5.10 Å². The average molecular weight is 398 g/mol. The molecule has 0 atom stereocenters. The molecule has 26 heavy (non-hydrogen) atoms. The first-order valence-electron chi connectivity index (χ1n) is 7.26. The molecule has 0 saturated heterocycles. The number of halogens is 1. The van der Waals surface area contributed by atoms with Crippen molar-refractivity contribution in [3.05, 3.63) is 53.1 Å². The third-order valence-electron chi connectivity index (χ3n) is 3.15. The summed E-state index contributed by atoms with van der Waals surface area (Å²) in [6, 6.07) is 10.6. The number of ether oxygens (including phenoxy) is 1. The smallest absolute Gasteiger partial charge is 0.255 e. The number of carbonyl (C=O) groups is 1. The van der Waals surface area contributed by atoms with Crippen molar-refractivity contribution in [2.24, 2.45) is 5.10 Å². The lowest BCUT2D eigenvalue weighted by Gasteiger charge is -2.06. The molecule has 138 valence electrons. The predicted molar refractivity (Wildman–Crippen MR) is 97.0 cm³/mol. The van der Waals surface area contributed by atoms with Crippen LogP contribution in [0.4, 0.5) is 0 Å². The number of aromatic hydroxyl groups is 1. The largest absolute Gasteiger partial charge is 0.503 e. The number of phenols is 1. The molecule has 1 amide bonds. The van der Waals surface area contributed by atoms with Gasteiger partial charge in [0.2, 0.25) is 10.0 Å². The van der Waals surface area contributed by atoms with Gasteiger partial charge >= 0.3 is 0 Å². The molecule has 0 fully saturated rings. The molecule has 0 aliphatic heterocycles. The molecule has 0 radical (unpaired) electrons. The van der Waals surface area contributed by atoms with Crippen LogP contribution in [0.15, 0.2) is 52.5 Å². The zero-order valence-corrected chi connectivity index (χ0v) is 15.2. The zero-order chi connectivity index (χ0) is 19.2. The first kappa shape index (κ1) is 19.7.